The minimum Gasteiger partial charge on any atom is -0.326 e. The molecule has 1 aliphatic heterocycles. The monoisotopic (exact) mass is 415 g/mol. The topological polar surface area (TPSA) is 61.4 Å². The first kappa shape index (κ1) is 21.1. The number of piperidine rings is 1. The SMILES string of the molecule is Cc1ccc(C)c(NC(=O)C2CCN(CC(=O)Nc3cccc4ccccc34)CC2)c1. The molecule has 2 N–H and O–H groups in total. The first-order chi connectivity index (χ1) is 15.0. The molecule has 3 aromatic rings. The summed E-state index contributed by atoms with van der Waals surface area (Å²) >= 11 is 0. The molecule has 0 saturated carbocycles. The summed E-state index contributed by atoms with van der Waals surface area (Å²) in [5.41, 5.74) is 3.93. The number of anilines is 2. The lowest BCUT2D eigenvalue weighted by Crippen LogP contribution is -2.41. The van der Waals surface area contributed by atoms with Gasteiger partial charge in [-0.3, -0.25) is 14.5 Å². The molecule has 5 nitrogen and oxygen atoms in total. The van der Waals surface area contributed by atoms with Crippen molar-refractivity contribution in [2.24, 2.45) is 5.92 Å². The van der Waals surface area contributed by atoms with E-state index in [1.54, 1.807) is 0 Å². The molecule has 0 atom stereocenters. The van der Waals surface area contributed by atoms with Crippen LogP contribution in [-0.2, 0) is 9.59 Å². The van der Waals surface area contributed by atoms with Crippen molar-refractivity contribution in [3.8, 4) is 0 Å². The Balaban J connectivity index is 1.29. The predicted octanol–water partition coefficient (Wildman–Crippen LogP) is 4.75. The van der Waals surface area contributed by atoms with E-state index in [1.165, 1.54) is 0 Å². The van der Waals surface area contributed by atoms with E-state index in [1.807, 2.05) is 74.5 Å². The Morgan fingerprint density at radius 2 is 1.65 bits per heavy atom. The molecule has 0 aromatic heterocycles. The Hall–Kier alpha value is -3.18. The second kappa shape index (κ2) is 9.31. The molecule has 0 radical (unpaired) electrons. The molecule has 0 unspecified atom stereocenters. The highest BCUT2D eigenvalue weighted by Gasteiger charge is 2.26. The molecule has 31 heavy (non-hydrogen) atoms. The largest absolute Gasteiger partial charge is 0.326 e. The number of aryl methyl sites for hydroxylation is 2. The zero-order valence-corrected chi connectivity index (χ0v) is 18.2. The van der Waals surface area contributed by atoms with Gasteiger partial charge in [0.1, 0.15) is 0 Å². The zero-order valence-electron chi connectivity index (χ0n) is 18.2. The van der Waals surface area contributed by atoms with Crippen molar-refractivity contribution in [2.45, 2.75) is 26.7 Å². The average Bonchev–Trinajstić information content (AvgIpc) is 2.77. The second-order valence-electron chi connectivity index (χ2n) is 8.43. The van der Waals surface area contributed by atoms with Gasteiger partial charge in [0, 0.05) is 22.7 Å². The smallest absolute Gasteiger partial charge is 0.238 e. The molecule has 1 fully saturated rings. The van der Waals surface area contributed by atoms with Crippen LogP contribution in [0.25, 0.3) is 10.8 Å². The average molecular weight is 416 g/mol. The number of carbonyl (C=O) groups excluding carboxylic acids is 2. The molecule has 1 saturated heterocycles. The van der Waals surface area contributed by atoms with Gasteiger partial charge < -0.3 is 10.6 Å². The van der Waals surface area contributed by atoms with Crippen LogP contribution in [0.15, 0.2) is 60.7 Å². The molecule has 0 bridgehead atoms. The fourth-order valence-electron chi connectivity index (χ4n) is 4.19. The van der Waals surface area contributed by atoms with Gasteiger partial charge in [0.05, 0.1) is 6.54 Å². The predicted molar refractivity (Wildman–Crippen MR) is 126 cm³/mol. The Morgan fingerprint density at radius 1 is 0.903 bits per heavy atom. The summed E-state index contributed by atoms with van der Waals surface area (Å²) < 4.78 is 0. The van der Waals surface area contributed by atoms with Crippen LogP contribution in [0.3, 0.4) is 0 Å². The lowest BCUT2D eigenvalue weighted by atomic mass is 9.95. The quantitative estimate of drug-likeness (QED) is 0.632. The van der Waals surface area contributed by atoms with E-state index < -0.39 is 0 Å². The lowest BCUT2D eigenvalue weighted by Gasteiger charge is -2.30. The van der Waals surface area contributed by atoms with Crippen LogP contribution >= 0.6 is 0 Å². The zero-order chi connectivity index (χ0) is 21.8. The van der Waals surface area contributed by atoms with Crippen LogP contribution < -0.4 is 10.6 Å². The Morgan fingerprint density at radius 3 is 2.45 bits per heavy atom. The maximum atomic E-state index is 12.7. The third-order valence-electron chi connectivity index (χ3n) is 6.04. The maximum absolute atomic E-state index is 12.7. The Bertz CT molecular complexity index is 1100. The van der Waals surface area contributed by atoms with Crippen LogP contribution in [0.5, 0.6) is 0 Å². The maximum Gasteiger partial charge on any atom is 0.238 e. The van der Waals surface area contributed by atoms with Crippen molar-refractivity contribution in [3.05, 3.63) is 71.8 Å². The highest BCUT2D eigenvalue weighted by atomic mass is 16.2. The number of rotatable bonds is 5. The minimum atomic E-state index is -0.0189. The lowest BCUT2D eigenvalue weighted by molar-refractivity contribution is -0.121. The molecule has 0 aliphatic carbocycles. The number of nitrogens with zero attached hydrogens (tertiary/aromatic N) is 1. The van der Waals surface area contributed by atoms with Crippen LogP contribution in [-0.4, -0.2) is 36.3 Å². The molecule has 0 spiro atoms. The van der Waals surface area contributed by atoms with Crippen molar-refractivity contribution < 1.29 is 9.59 Å². The highest BCUT2D eigenvalue weighted by molar-refractivity contribution is 6.02. The van der Waals surface area contributed by atoms with Crippen LogP contribution in [0.1, 0.15) is 24.0 Å². The van der Waals surface area contributed by atoms with Gasteiger partial charge in [-0.15, -0.1) is 0 Å². The molecular formula is C26H29N3O2. The fraction of sp³-hybridized carbons (Fsp3) is 0.308. The number of hydrogen-bond donors (Lipinski definition) is 2. The van der Waals surface area contributed by atoms with Crippen molar-refractivity contribution in [2.75, 3.05) is 30.3 Å². The minimum absolute atomic E-state index is 0.0164. The Kier molecular flexibility index (Phi) is 6.33. The van der Waals surface area contributed by atoms with Gasteiger partial charge >= 0.3 is 0 Å². The van der Waals surface area contributed by atoms with Gasteiger partial charge in [-0.1, -0.05) is 48.5 Å². The Labute approximate surface area is 183 Å². The van der Waals surface area contributed by atoms with Crippen LogP contribution in [0, 0.1) is 19.8 Å². The molecule has 4 rings (SSSR count). The number of fused-ring (bicyclic) bond motifs is 1. The summed E-state index contributed by atoms with van der Waals surface area (Å²) in [4.78, 5) is 27.5. The molecule has 2 amide bonds. The van der Waals surface area contributed by atoms with Gasteiger partial charge in [0.15, 0.2) is 0 Å². The molecule has 3 aromatic carbocycles. The second-order valence-corrected chi connectivity index (χ2v) is 8.43. The summed E-state index contributed by atoms with van der Waals surface area (Å²) in [5.74, 6) is 0.0421. The van der Waals surface area contributed by atoms with Crippen LogP contribution in [0.4, 0.5) is 11.4 Å². The number of amides is 2. The van der Waals surface area contributed by atoms with Gasteiger partial charge in [-0.2, -0.15) is 0 Å². The summed E-state index contributed by atoms with van der Waals surface area (Å²) in [7, 11) is 0. The van der Waals surface area contributed by atoms with Gasteiger partial charge in [0.25, 0.3) is 0 Å². The fourth-order valence-corrected chi connectivity index (χ4v) is 4.19. The van der Waals surface area contributed by atoms with E-state index in [4.69, 9.17) is 0 Å². The summed E-state index contributed by atoms with van der Waals surface area (Å²) in [5, 5.41) is 8.29. The molecule has 5 heteroatoms. The number of hydrogen-bond acceptors (Lipinski definition) is 3. The summed E-state index contributed by atoms with van der Waals surface area (Å²) in [6.07, 6.45) is 1.52. The third-order valence-corrected chi connectivity index (χ3v) is 6.04. The van der Waals surface area contributed by atoms with Crippen LogP contribution in [0.2, 0.25) is 0 Å². The van der Waals surface area contributed by atoms with Crippen molar-refractivity contribution >= 4 is 34.0 Å². The number of carbonyl (C=O) groups is 2. The first-order valence-electron chi connectivity index (χ1n) is 10.9. The van der Waals surface area contributed by atoms with Gasteiger partial charge in [-0.25, -0.2) is 0 Å². The van der Waals surface area contributed by atoms with Gasteiger partial charge in [-0.05, 0) is 68.4 Å². The molecule has 160 valence electrons. The van der Waals surface area contributed by atoms with Crippen molar-refractivity contribution in [1.29, 1.82) is 0 Å². The first-order valence-corrected chi connectivity index (χ1v) is 10.9. The van der Waals surface area contributed by atoms with E-state index in [2.05, 4.69) is 15.5 Å². The summed E-state index contributed by atoms with van der Waals surface area (Å²) in [6, 6.07) is 20.1. The highest BCUT2D eigenvalue weighted by Crippen LogP contribution is 2.24. The van der Waals surface area contributed by atoms with Crippen molar-refractivity contribution in [1.82, 2.24) is 4.90 Å². The number of nitrogens with one attached hydrogen (secondary N) is 2. The standard InChI is InChI=1S/C26H29N3O2/c1-18-10-11-19(2)24(16-18)28-26(31)21-12-14-29(15-13-21)17-25(30)27-23-9-5-7-20-6-3-4-8-22(20)23/h3-11,16,21H,12-15,17H2,1-2H3,(H,27,30)(H,28,31). The van der Waals surface area contributed by atoms with E-state index in [9.17, 15) is 9.59 Å². The van der Waals surface area contributed by atoms with Crippen molar-refractivity contribution in [3.63, 3.8) is 0 Å². The number of likely N-dealkylation sites (tertiary alicyclic amines) is 1. The van der Waals surface area contributed by atoms with E-state index in [0.29, 0.717) is 6.54 Å². The molecule has 1 aliphatic rings. The normalized spacial score (nSPS) is 15.0. The molecular weight excluding hydrogens is 386 g/mol. The van der Waals surface area contributed by atoms with E-state index in [-0.39, 0.29) is 17.7 Å². The number of benzene rings is 3. The van der Waals surface area contributed by atoms with Gasteiger partial charge in [0.2, 0.25) is 11.8 Å². The summed E-state index contributed by atoms with van der Waals surface area (Å²) in [6.45, 7) is 5.86. The molecule has 1 heterocycles. The third kappa shape index (κ3) is 5.12. The van der Waals surface area contributed by atoms with E-state index in [0.717, 1.165) is 59.2 Å². The van der Waals surface area contributed by atoms with E-state index >= 15 is 0 Å².